The molecule has 108 valence electrons. The van der Waals surface area contributed by atoms with Crippen LogP contribution in [-0.4, -0.2) is 17.6 Å². The highest BCUT2D eigenvalue weighted by atomic mass is 79.9. The number of rotatable bonds is 3. The molecule has 3 N–H and O–H groups in total. The molecule has 0 radical (unpaired) electrons. The lowest BCUT2D eigenvalue weighted by atomic mass is 9.84. The van der Waals surface area contributed by atoms with Crippen molar-refractivity contribution in [2.75, 3.05) is 5.32 Å². The monoisotopic (exact) mass is 340 g/mol. The standard InChI is InChI=1S/C14H17BrN2O3/c15-10-4-6-11(7-5-10)17-12(18)14(20-13(16)19)8-2-1-3-9-14/h4-7H,1-3,8-9H2,(H2,16,19)(H,17,18). The Kier molecular flexibility index (Phi) is 4.65. The van der Waals surface area contributed by atoms with E-state index in [1.54, 1.807) is 12.1 Å². The number of hydrogen-bond donors (Lipinski definition) is 2. The third-order valence-corrected chi connectivity index (χ3v) is 4.00. The fourth-order valence-corrected chi connectivity index (χ4v) is 2.73. The first kappa shape index (κ1) is 14.8. The molecule has 0 aromatic heterocycles. The number of halogens is 1. The summed E-state index contributed by atoms with van der Waals surface area (Å²) in [5, 5.41) is 2.79. The predicted molar refractivity (Wildman–Crippen MR) is 79.3 cm³/mol. The van der Waals surface area contributed by atoms with Crippen LogP contribution in [0.15, 0.2) is 28.7 Å². The van der Waals surface area contributed by atoms with E-state index in [0.717, 1.165) is 23.7 Å². The first-order valence-corrected chi connectivity index (χ1v) is 7.37. The van der Waals surface area contributed by atoms with E-state index >= 15 is 0 Å². The van der Waals surface area contributed by atoms with Gasteiger partial charge >= 0.3 is 6.09 Å². The lowest BCUT2D eigenvalue weighted by Gasteiger charge is -2.34. The summed E-state index contributed by atoms with van der Waals surface area (Å²) in [7, 11) is 0. The molecule has 1 fully saturated rings. The normalized spacial score (nSPS) is 17.2. The first-order valence-electron chi connectivity index (χ1n) is 6.57. The molecule has 1 aliphatic carbocycles. The zero-order chi connectivity index (χ0) is 14.6. The van der Waals surface area contributed by atoms with Gasteiger partial charge in [-0.05, 0) is 49.9 Å². The summed E-state index contributed by atoms with van der Waals surface area (Å²) in [4.78, 5) is 23.5. The quantitative estimate of drug-likeness (QED) is 0.886. The van der Waals surface area contributed by atoms with Gasteiger partial charge in [0.1, 0.15) is 0 Å². The summed E-state index contributed by atoms with van der Waals surface area (Å²) in [6.07, 6.45) is 2.85. The Labute approximate surface area is 126 Å². The van der Waals surface area contributed by atoms with Crippen molar-refractivity contribution < 1.29 is 14.3 Å². The van der Waals surface area contributed by atoms with Crippen molar-refractivity contribution in [3.8, 4) is 0 Å². The molecule has 0 saturated heterocycles. The van der Waals surface area contributed by atoms with Crippen LogP contribution in [0, 0.1) is 0 Å². The SMILES string of the molecule is NC(=O)OC1(C(=O)Nc2ccc(Br)cc2)CCCCC1. The molecule has 1 saturated carbocycles. The average molecular weight is 341 g/mol. The number of carbonyl (C=O) groups is 2. The zero-order valence-corrected chi connectivity index (χ0v) is 12.6. The fraction of sp³-hybridized carbons (Fsp3) is 0.429. The van der Waals surface area contributed by atoms with Gasteiger partial charge in [0.15, 0.2) is 5.60 Å². The van der Waals surface area contributed by atoms with Crippen LogP contribution in [0.1, 0.15) is 32.1 Å². The maximum Gasteiger partial charge on any atom is 0.405 e. The number of hydrogen-bond acceptors (Lipinski definition) is 3. The third-order valence-electron chi connectivity index (χ3n) is 3.47. The second-order valence-corrected chi connectivity index (χ2v) is 5.85. The van der Waals surface area contributed by atoms with Crippen molar-refractivity contribution in [3.63, 3.8) is 0 Å². The number of carbonyl (C=O) groups excluding carboxylic acids is 2. The van der Waals surface area contributed by atoms with Crippen LogP contribution in [0.3, 0.4) is 0 Å². The van der Waals surface area contributed by atoms with Crippen molar-refractivity contribution >= 4 is 33.6 Å². The maximum atomic E-state index is 12.5. The Bertz CT molecular complexity index is 496. The van der Waals surface area contributed by atoms with Gasteiger partial charge < -0.3 is 15.8 Å². The van der Waals surface area contributed by atoms with Crippen LogP contribution in [0.5, 0.6) is 0 Å². The van der Waals surface area contributed by atoms with Gasteiger partial charge in [-0.1, -0.05) is 22.4 Å². The lowest BCUT2D eigenvalue weighted by Crippen LogP contribution is -2.49. The van der Waals surface area contributed by atoms with Gasteiger partial charge in [-0.2, -0.15) is 0 Å². The summed E-state index contributed by atoms with van der Waals surface area (Å²) in [6, 6.07) is 7.22. The molecule has 6 heteroatoms. The Morgan fingerprint density at radius 3 is 2.30 bits per heavy atom. The Morgan fingerprint density at radius 1 is 1.15 bits per heavy atom. The van der Waals surface area contributed by atoms with E-state index in [1.807, 2.05) is 12.1 Å². The molecule has 0 heterocycles. The Morgan fingerprint density at radius 2 is 1.75 bits per heavy atom. The number of nitrogens with two attached hydrogens (primary N) is 1. The van der Waals surface area contributed by atoms with Gasteiger partial charge in [0, 0.05) is 10.2 Å². The Balaban J connectivity index is 2.13. The highest BCUT2D eigenvalue weighted by molar-refractivity contribution is 9.10. The summed E-state index contributed by atoms with van der Waals surface area (Å²) >= 11 is 3.33. The minimum atomic E-state index is -1.13. The molecule has 2 rings (SSSR count). The maximum absolute atomic E-state index is 12.5. The van der Waals surface area contributed by atoms with E-state index in [4.69, 9.17) is 10.5 Å². The van der Waals surface area contributed by atoms with Crippen molar-refractivity contribution in [2.45, 2.75) is 37.7 Å². The van der Waals surface area contributed by atoms with E-state index in [2.05, 4.69) is 21.2 Å². The molecule has 0 unspecified atom stereocenters. The van der Waals surface area contributed by atoms with Crippen LogP contribution >= 0.6 is 15.9 Å². The topological polar surface area (TPSA) is 81.4 Å². The predicted octanol–water partition coefficient (Wildman–Crippen LogP) is 3.19. The minimum Gasteiger partial charge on any atom is -0.433 e. The molecule has 5 nitrogen and oxygen atoms in total. The van der Waals surface area contributed by atoms with Gasteiger partial charge in [-0.15, -0.1) is 0 Å². The second kappa shape index (κ2) is 6.26. The van der Waals surface area contributed by atoms with Crippen molar-refractivity contribution in [2.24, 2.45) is 5.73 Å². The molecule has 2 amide bonds. The molecule has 20 heavy (non-hydrogen) atoms. The summed E-state index contributed by atoms with van der Waals surface area (Å²) in [6.45, 7) is 0. The number of anilines is 1. The molecular formula is C14H17BrN2O3. The largest absolute Gasteiger partial charge is 0.433 e. The van der Waals surface area contributed by atoms with Crippen molar-refractivity contribution in [1.82, 2.24) is 0 Å². The minimum absolute atomic E-state index is 0.307. The van der Waals surface area contributed by atoms with Crippen LogP contribution in [0.4, 0.5) is 10.5 Å². The van der Waals surface area contributed by atoms with Crippen LogP contribution in [0.2, 0.25) is 0 Å². The van der Waals surface area contributed by atoms with Gasteiger partial charge in [-0.25, -0.2) is 4.79 Å². The van der Waals surface area contributed by atoms with Crippen LogP contribution in [-0.2, 0) is 9.53 Å². The zero-order valence-electron chi connectivity index (χ0n) is 11.0. The van der Waals surface area contributed by atoms with Crippen molar-refractivity contribution in [3.05, 3.63) is 28.7 Å². The molecule has 0 aliphatic heterocycles. The smallest absolute Gasteiger partial charge is 0.405 e. The van der Waals surface area contributed by atoms with Gasteiger partial charge in [0.2, 0.25) is 0 Å². The number of primary amides is 1. The molecule has 1 aromatic carbocycles. The first-order chi connectivity index (χ1) is 9.52. The van der Waals surface area contributed by atoms with Gasteiger partial charge in [0.05, 0.1) is 0 Å². The summed E-state index contributed by atoms with van der Waals surface area (Å²) in [5.41, 5.74) is 4.65. The summed E-state index contributed by atoms with van der Waals surface area (Å²) in [5.74, 6) is -0.307. The van der Waals surface area contributed by atoms with E-state index in [-0.39, 0.29) is 5.91 Å². The van der Waals surface area contributed by atoms with E-state index in [0.29, 0.717) is 18.5 Å². The number of nitrogens with one attached hydrogen (secondary N) is 1. The van der Waals surface area contributed by atoms with Crippen LogP contribution < -0.4 is 11.1 Å². The fourth-order valence-electron chi connectivity index (χ4n) is 2.47. The van der Waals surface area contributed by atoms with E-state index < -0.39 is 11.7 Å². The number of amides is 2. The van der Waals surface area contributed by atoms with Crippen molar-refractivity contribution in [1.29, 1.82) is 0 Å². The molecule has 0 spiro atoms. The average Bonchev–Trinajstić information content (AvgIpc) is 2.41. The summed E-state index contributed by atoms with van der Waals surface area (Å²) < 4.78 is 6.08. The number of benzene rings is 1. The molecule has 1 aromatic rings. The second-order valence-electron chi connectivity index (χ2n) is 4.94. The van der Waals surface area contributed by atoms with Gasteiger partial charge in [-0.3, -0.25) is 4.79 Å². The molecule has 0 bridgehead atoms. The molecule has 0 atom stereocenters. The molecule has 1 aliphatic rings. The van der Waals surface area contributed by atoms with Crippen LogP contribution in [0.25, 0.3) is 0 Å². The lowest BCUT2D eigenvalue weighted by molar-refractivity contribution is -0.137. The highest BCUT2D eigenvalue weighted by Crippen LogP contribution is 2.33. The highest BCUT2D eigenvalue weighted by Gasteiger charge is 2.43. The van der Waals surface area contributed by atoms with E-state index in [1.165, 1.54) is 0 Å². The third kappa shape index (κ3) is 3.50. The number of ether oxygens (including phenoxy) is 1. The Hall–Kier alpha value is -1.56. The van der Waals surface area contributed by atoms with E-state index in [9.17, 15) is 9.59 Å². The molecular weight excluding hydrogens is 324 g/mol. The van der Waals surface area contributed by atoms with Gasteiger partial charge in [0.25, 0.3) is 5.91 Å².